The van der Waals surface area contributed by atoms with Crippen molar-refractivity contribution < 1.29 is 13.9 Å². The van der Waals surface area contributed by atoms with Crippen LogP contribution in [0, 0.1) is 12.7 Å². The van der Waals surface area contributed by atoms with Crippen LogP contribution in [0.4, 0.5) is 14.9 Å². The maximum absolute atomic E-state index is 13.3. The molecule has 1 aromatic rings. The molecule has 22 heavy (non-hydrogen) atoms. The summed E-state index contributed by atoms with van der Waals surface area (Å²) in [5.74, 6) is -0.261. The van der Waals surface area contributed by atoms with Crippen molar-refractivity contribution in [3.05, 3.63) is 29.6 Å². The van der Waals surface area contributed by atoms with Crippen molar-refractivity contribution in [2.45, 2.75) is 52.2 Å². The first-order valence-corrected chi connectivity index (χ1v) is 7.76. The quantitative estimate of drug-likeness (QED) is 0.919. The average Bonchev–Trinajstić information content (AvgIpc) is 2.86. The third-order valence-electron chi connectivity index (χ3n) is 3.73. The summed E-state index contributed by atoms with van der Waals surface area (Å²) in [5.41, 5.74) is 1.27. The summed E-state index contributed by atoms with van der Waals surface area (Å²) in [6.07, 6.45) is 1.63. The normalized spacial score (nSPS) is 18.4. The van der Waals surface area contributed by atoms with Gasteiger partial charge in [-0.2, -0.15) is 0 Å². The Kier molecular flexibility index (Phi) is 4.94. The van der Waals surface area contributed by atoms with Crippen LogP contribution in [0.2, 0.25) is 0 Å². The van der Waals surface area contributed by atoms with Crippen LogP contribution in [0.3, 0.4) is 0 Å². The van der Waals surface area contributed by atoms with Gasteiger partial charge in [-0.25, -0.2) is 9.18 Å². The second-order valence-electron chi connectivity index (χ2n) is 6.81. The van der Waals surface area contributed by atoms with Crippen molar-refractivity contribution in [2.75, 3.05) is 18.4 Å². The van der Waals surface area contributed by atoms with Gasteiger partial charge in [-0.1, -0.05) is 6.07 Å². The molecule has 0 aliphatic carbocycles. The fourth-order valence-corrected chi connectivity index (χ4v) is 2.62. The molecule has 1 heterocycles. The Morgan fingerprint density at radius 2 is 2.18 bits per heavy atom. The summed E-state index contributed by atoms with van der Waals surface area (Å²) in [6, 6.07) is 4.76. The zero-order valence-corrected chi connectivity index (χ0v) is 13.8. The third kappa shape index (κ3) is 4.36. The lowest BCUT2D eigenvalue weighted by atomic mass is 10.1. The number of nitrogens with one attached hydrogen (secondary N) is 1. The molecule has 1 fully saturated rings. The lowest BCUT2D eigenvalue weighted by Crippen LogP contribution is -2.42. The smallest absolute Gasteiger partial charge is 0.410 e. The maximum Gasteiger partial charge on any atom is 0.410 e. The van der Waals surface area contributed by atoms with Crippen LogP contribution in [-0.4, -0.2) is 35.7 Å². The van der Waals surface area contributed by atoms with Crippen molar-refractivity contribution in [3.8, 4) is 0 Å². The fourth-order valence-electron chi connectivity index (χ4n) is 2.62. The molecule has 1 N–H and O–H groups in total. The van der Waals surface area contributed by atoms with Gasteiger partial charge in [-0.3, -0.25) is 0 Å². The van der Waals surface area contributed by atoms with Gasteiger partial charge in [-0.05, 0) is 58.2 Å². The topological polar surface area (TPSA) is 41.6 Å². The number of carbonyl (C=O) groups is 1. The van der Waals surface area contributed by atoms with Crippen molar-refractivity contribution in [1.29, 1.82) is 0 Å². The molecule has 1 aromatic carbocycles. The SMILES string of the molecule is Cc1ccc(F)cc1NCC1CCCN1C(=O)OC(C)(C)C. The molecule has 0 bridgehead atoms. The first kappa shape index (κ1) is 16.6. The molecule has 1 aliphatic heterocycles. The zero-order chi connectivity index (χ0) is 16.3. The van der Waals surface area contributed by atoms with Gasteiger partial charge in [0, 0.05) is 18.8 Å². The lowest BCUT2D eigenvalue weighted by Gasteiger charge is -2.29. The van der Waals surface area contributed by atoms with E-state index in [-0.39, 0.29) is 18.0 Å². The van der Waals surface area contributed by atoms with Gasteiger partial charge in [0.05, 0.1) is 6.04 Å². The molecule has 1 aliphatic rings. The highest BCUT2D eigenvalue weighted by atomic mass is 19.1. The Morgan fingerprint density at radius 3 is 2.86 bits per heavy atom. The Balaban J connectivity index is 1.97. The van der Waals surface area contributed by atoms with Crippen LogP contribution in [0.25, 0.3) is 0 Å². The number of amides is 1. The zero-order valence-electron chi connectivity index (χ0n) is 13.8. The van der Waals surface area contributed by atoms with Crippen molar-refractivity contribution in [3.63, 3.8) is 0 Å². The Hall–Kier alpha value is -1.78. The van der Waals surface area contributed by atoms with Gasteiger partial charge >= 0.3 is 6.09 Å². The van der Waals surface area contributed by atoms with Crippen LogP contribution < -0.4 is 5.32 Å². The van der Waals surface area contributed by atoms with E-state index < -0.39 is 5.60 Å². The van der Waals surface area contributed by atoms with E-state index in [0.29, 0.717) is 13.1 Å². The molecule has 0 spiro atoms. The van der Waals surface area contributed by atoms with Gasteiger partial charge in [-0.15, -0.1) is 0 Å². The van der Waals surface area contributed by atoms with Crippen LogP contribution >= 0.6 is 0 Å². The molecule has 0 aromatic heterocycles. The van der Waals surface area contributed by atoms with E-state index in [4.69, 9.17) is 4.74 Å². The maximum atomic E-state index is 13.3. The summed E-state index contributed by atoms with van der Waals surface area (Å²) < 4.78 is 18.8. The van der Waals surface area contributed by atoms with Crippen LogP contribution in [0.1, 0.15) is 39.2 Å². The number of halogens is 1. The van der Waals surface area contributed by atoms with E-state index in [1.165, 1.54) is 12.1 Å². The molecule has 0 saturated carbocycles. The van der Waals surface area contributed by atoms with Crippen molar-refractivity contribution in [1.82, 2.24) is 4.90 Å². The first-order valence-electron chi connectivity index (χ1n) is 7.76. The Bertz CT molecular complexity index is 540. The van der Waals surface area contributed by atoms with E-state index in [9.17, 15) is 9.18 Å². The predicted molar refractivity (Wildman–Crippen MR) is 85.6 cm³/mol. The van der Waals surface area contributed by atoms with E-state index in [1.54, 1.807) is 11.0 Å². The molecule has 1 amide bonds. The van der Waals surface area contributed by atoms with E-state index in [0.717, 1.165) is 24.1 Å². The molecule has 2 rings (SSSR count). The molecule has 5 heteroatoms. The second kappa shape index (κ2) is 6.55. The number of hydrogen-bond donors (Lipinski definition) is 1. The van der Waals surface area contributed by atoms with E-state index in [2.05, 4.69) is 5.32 Å². The molecule has 4 nitrogen and oxygen atoms in total. The summed E-state index contributed by atoms with van der Waals surface area (Å²) in [6.45, 7) is 8.84. The Morgan fingerprint density at radius 1 is 1.45 bits per heavy atom. The summed E-state index contributed by atoms with van der Waals surface area (Å²) in [7, 11) is 0. The number of likely N-dealkylation sites (tertiary alicyclic amines) is 1. The van der Waals surface area contributed by atoms with Gasteiger partial charge in [0.1, 0.15) is 11.4 Å². The van der Waals surface area contributed by atoms with Gasteiger partial charge in [0.2, 0.25) is 0 Å². The number of nitrogens with zero attached hydrogens (tertiary/aromatic N) is 1. The van der Waals surface area contributed by atoms with Crippen molar-refractivity contribution in [2.24, 2.45) is 0 Å². The molecular weight excluding hydrogens is 283 g/mol. The largest absolute Gasteiger partial charge is 0.444 e. The molecular formula is C17H25FN2O2. The number of anilines is 1. The number of rotatable bonds is 3. The average molecular weight is 308 g/mol. The summed E-state index contributed by atoms with van der Waals surface area (Å²) >= 11 is 0. The van der Waals surface area contributed by atoms with E-state index >= 15 is 0 Å². The second-order valence-corrected chi connectivity index (χ2v) is 6.81. The summed E-state index contributed by atoms with van der Waals surface area (Å²) in [4.78, 5) is 14.0. The minimum absolute atomic E-state index is 0.0810. The molecule has 0 radical (unpaired) electrons. The molecule has 1 atom stereocenters. The van der Waals surface area contributed by atoms with Crippen LogP contribution in [0.5, 0.6) is 0 Å². The summed E-state index contributed by atoms with van der Waals surface area (Å²) in [5, 5.41) is 3.25. The van der Waals surface area contributed by atoms with Crippen LogP contribution in [-0.2, 0) is 4.74 Å². The number of carbonyl (C=O) groups excluding carboxylic acids is 1. The lowest BCUT2D eigenvalue weighted by molar-refractivity contribution is 0.0235. The van der Waals surface area contributed by atoms with Gasteiger partial charge in [0.15, 0.2) is 0 Å². The van der Waals surface area contributed by atoms with Gasteiger partial charge in [0.25, 0.3) is 0 Å². The van der Waals surface area contributed by atoms with Crippen molar-refractivity contribution >= 4 is 11.8 Å². The molecule has 1 saturated heterocycles. The monoisotopic (exact) mass is 308 g/mol. The highest BCUT2D eigenvalue weighted by Crippen LogP contribution is 2.22. The number of aryl methyl sites for hydroxylation is 1. The first-order chi connectivity index (χ1) is 10.3. The van der Waals surface area contributed by atoms with Crippen LogP contribution in [0.15, 0.2) is 18.2 Å². The molecule has 122 valence electrons. The standard InChI is InChI=1S/C17H25FN2O2/c1-12-7-8-13(18)10-15(12)19-11-14-6-5-9-20(14)16(21)22-17(2,3)4/h7-8,10,14,19H,5-6,9,11H2,1-4H3. The molecule has 1 unspecified atom stereocenters. The van der Waals surface area contributed by atoms with Gasteiger partial charge < -0.3 is 15.0 Å². The fraction of sp³-hybridized carbons (Fsp3) is 0.588. The van der Waals surface area contributed by atoms with E-state index in [1.807, 2.05) is 27.7 Å². The number of hydrogen-bond acceptors (Lipinski definition) is 3. The predicted octanol–water partition coefficient (Wildman–Crippen LogP) is 3.95. The number of benzene rings is 1. The minimum atomic E-state index is -0.489. The highest BCUT2D eigenvalue weighted by molar-refractivity contribution is 5.69. The third-order valence-corrected chi connectivity index (χ3v) is 3.73. The highest BCUT2D eigenvalue weighted by Gasteiger charge is 2.31. The minimum Gasteiger partial charge on any atom is -0.444 e. The Labute approximate surface area is 131 Å². The number of ether oxygens (including phenoxy) is 1.